The number of hydrogen-bond donors (Lipinski definition) is 1. The number of aryl methyl sites for hydroxylation is 1. The zero-order valence-electron chi connectivity index (χ0n) is 17.2. The molecule has 0 aliphatic heterocycles. The fourth-order valence-electron chi connectivity index (χ4n) is 3.37. The number of carbonyl (C=O) groups is 1. The zero-order valence-corrected chi connectivity index (χ0v) is 18.0. The van der Waals surface area contributed by atoms with Crippen molar-refractivity contribution in [3.8, 4) is 0 Å². The molecule has 4 rings (SSSR count). The monoisotopic (exact) mass is 452 g/mol. The largest absolute Gasteiger partial charge is 0.325 e. The third kappa shape index (κ3) is 4.19. The van der Waals surface area contributed by atoms with E-state index in [-0.39, 0.29) is 22.9 Å². The summed E-state index contributed by atoms with van der Waals surface area (Å²) in [6, 6.07) is 13.0. The van der Waals surface area contributed by atoms with E-state index < -0.39 is 4.92 Å². The summed E-state index contributed by atoms with van der Waals surface area (Å²) >= 11 is 1.18. The van der Waals surface area contributed by atoms with Gasteiger partial charge in [-0.3, -0.25) is 28.7 Å². The standard InChI is InChI=1S/C21H20N6O4S/c1-2-3-11-25-19(29)16-9-4-5-10-17(16)26-20(25)23-24-21(26)32-13-18(28)22-14-7-6-8-15(12-14)27(30)31/h4-10,12H,2-3,11,13H2,1H3,(H,22,28). The number of thioether (sulfide) groups is 1. The number of non-ortho nitro benzene ring substituents is 1. The number of fused-ring (bicyclic) bond motifs is 3. The molecule has 11 heteroatoms. The third-order valence-corrected chi connectivity index (χ3v) is 5.82. The summed E-state index contributed by atoms with van der Waals surface area (Å²) < 4.78 is 3.41. The van der Waals surface area contributed by atoms with E-state index in [1.54, 1.807) is 21.1 Å². The summed E-state index contributed by atoms with van der Waals surface area (Å²) in [6.45, 7) is 2.58. The first-order valence-electron chi connectivity index (χ1n) is 10.0. The molecule has 2 aromatic carbocycles. The Bertz CT molecular complexity index is 1380. The minimum Gasteiger partial charge on any atom is -0.325 e. The number of carbonyl (C=O) groups excluding carboxylic acids is 1. The van der Waals surface area contributed by atoms with Crippen LogP contribution >= 0.6 is 11.8 Å². The molecule has 0 radical (unpaired) electrons. The van der Waals surface area contributed by atoms with Crippen LogP contribution in [0.2, 0.25) is 0 Å². The van der Waals surface area contributed by atoms with E-state index in [1.807, 2.05) is 25.1 Å². The Hall–Kier alpha value is -3.73. The first-order valence-corrected chi connectivity index (χ1v) is 11.0. The Morgan fingerprint density at radius 2 is 2.00 bits per heavy atom. The van der Waals surface area contributed by atoms with Gasteiger partial charge in [0.15, 0.2) is 5.16 Å². The van der Waals surface area contributed by atoms with E-state index in [0.717, 1.165) is 12.8 Å². The minimum atomic E-state index is -0.518. The smallest absolute Gasteiger partial charge is 0.271 e. The lowest BCUT2D eigenvalue weighted by atomic mass is 10.2. The van der Waals surface area contributed by atoms with Gasteiger partial charge in [-0.05, 0) is 24.6 Å². The molecule has 0 atom stereocenters. The number of nitro groups is 1. The number of rotatable bonds is 8. The van der Waals surface area contributed by atoms with Crippen LogP contribution in [0.4, 0.5) is 11.4 Å². The molecule has 0 fully saturated rings. The van der Waals surface area contributed by atoms with Crippen molar-refractivity contribution in [2.75, 3.05) is 11.1 Å². The number of para-hydroxylation sites is 1. The number of nitrogens with one attached hydrogen (secondary N) is 1. The predicted molar refractivity (Wildman–Crippen MR) is 122 cm³/mol. The van der Waals surface area contributed by atoms with Gasteiger partial charge < -0.3 is 5.32 Å². The number of unbranched alkanes of at least 4 members (excludes halogenated alkanes) is 1. The summed E-state index contributed by atoms with van der Waals surface area (Å²) in [5, 5.41) is 23.1. The predicted octanol–water partition coefficient (Wildman–Crippen LogP) is 3.48. The second-order valence-electron chi connectivity index (χ2n) is 7.09. The number of aromatic nitrogens is 4. The number of benzene rings is 2. The molecule has 0 saturated carbocycles. The van der Waals surface area contributed by atoms with Gasteiger partial charge in [0.05, 0.1) is 21.6 Å². The van der Waals surface area contributed by atoms with Gasteiger partial charge in [0.2, 0.25) is 11.7 Å². The molecule has 0 spiro atoms. The van der Waals surface area contributed by atoms with E-state index in [2.05, 4.69) is 15.5 Å². The molecule has 10 nitrogen and oxygen atoms in total. The number of anilines is 1. The molecule has 0 saturated heterocycles. The lowest BCUT2D eigenvalue weighted by Crippen LogP contribution is -2.23. The third-order valence-electron chi connectivity index (χ3n) is 4.89. The van der Waals surface area contributed by atoms with Gasteiger partial charge in [0.25, 0.3) is 11.2 Å². The van der Waals surface area contributed by atoms with Gasteiger partial charge in [0, 0.05) is 24.4 Å². The highest BCUT2D eigenvalue weighted by Gasteiger charge is 2.17. The Morgan fingerprint density at radius 3 is 2.78 bits per heavy atom. The summed E-state index contributed by atoms with van der Waals surface area (Å²) in [6.07, 6.45) is 1.76. The molecule has 0 aliphatic carbocycles. The summed E-state index contributed by atoms with van der Waals surface area (Å²) in [5.41, 5.74) is 0.797. The van der Waals surface area contributed by atoms with Crippen LogP contribution in [0.15, 0.2) is 58.5 Å². The summed E-state index contributed by atoms with van der Waals surface area (Å²) in [4.78, 5) is 35.8. The Kier molecular flexibility index (Phi) is 6.17. The van der Waals surface area contributed by atoms with Crippen molar-refractivity contribution in [1.29, 1.82) is 0 Å². The molecule has 0 bridgehead atoms. The molecule has 4 aromatic rings. The lowest BCUT2D eigenvalue weighted by Gasteiger charge is -2.10. The van der Waals surface area contributed by atoms with E-state index >= 15 is 0 Å². The molecular formula is C21H20N6O4S. The van der Waals surface area contributed by atoms with Gasteiger partial charge in [-0.2, -0.15) is 0 Å². The van der Waals surface area contributed by atoms with Crippen LogP contribution in [0.1, 0.15) is 19.8 Å². The van der Waals surface area contributed by atoms with Gasteiger partial charge in [-0.1, -0.05) is 43.3 Å². The average molecular weight is 452 g/mol. The summed E-state index contributed by atoms with van der Waals surface area (Å²) in [7, 11) is 0. The summed E-state index contributed by atoms with van der Waals surface area (Å²) in [5.74, 6) is 0.117. The molecular weight excluding hydrogens is 432 g/mol. The Morgan fingerprint density at radius 1 is 1.19 bits per heavy atom. The first-order chi connectivity index (χ1) is 15.5. The molecule has 164 valence electrons. The fraction of sp³-hybridized carbons (Fsp3) is 0.238. The molecule has 1 amide bonds. The minimum absolute atomic E-state index is 0.0197. The number of amides is 1. The van der Waals surface area contributed by atoms with Crippen molar-refractivity contribution in [1.82, 2.24) is 19.2 Å². The van der Waals surface area contributed by atoms with E-state index in [1.165, 1.54) is 30.0 Å². The second kappa shape index (κ2) is 9.18. The highest BCUT2D eigenvalue weighted by Crippen LogP contribution is 2.23. The Balaban J connectivity index is 1.62. The van der Waals surface area contributed by atoms with Crippen molar-refractivity contribution < 1.29 is 9.72 Å². The molecule has 1 N–H and O–H groups in total. The SMILES string of the molecule is CCCCn1c(=O)c2ccccc2n2c(SCC(=O)Nc3cccc([N+](=O)[O-])c3)nnc12. The highest BCUT2D eigenvalue weighted by atomic mass is 32.2. The highest BCUT2D eigenvalue weighted by molar-refractivity contribution is 7.99. The van der Waals surface area contributed by atoms with Crippen LogP contribution < -0.4 is 10.9 Å². The van der Waals surface area contributed by atoms with Crippen molar-refractivity contribution in [2.24, 2.45) is 0 Å². The number of nitrogens with zero attached hydrogens (tertiary/aromatic N) is 5. The van der Waals surface area contributed by atoms with Gasteiger partial charge in [-0.15, -0.1) is 10.2 Å². The van der Waals surface area contributed by atoms with Crippen LogP contribution in [0.3, 0.4) is 0 Å². The molecule has 32 heavy (non-hydrogen) atoms. The molecule has 0 unspecified atom stereocenters. The van der Waals surface area contributed by atoms with Crippen LogP contribution in [-0.4, -0.2) is 35.7 Å². The van der Waals surface area contributed by atoms with Crippen LogP contribution in [0.5, 0.6) is 0 Å². The second-order valence-corrected chi connectivity index (χ2v) is 8.03. The molecule has 0 aliphatic rings. The topological polar surface area (TPSA) is 124 Å². The van der Waals surface area contributed by atoms with Crippen molar-refractivity contribution in [3.63, 3.8) is 0 Å². The fourth-order valence-corrected chi connectivity index (χ4v) is 4.11. The van der Waals surface area contributed by atoms with Crippen molar-refractivity contribution in [2.45, 2.75) is 31.5 Å². The quantitative estimate of drug-likeness (QED) is 0.246. The maximum absolute atomic E-state index is 13.0. The van der Waals surface area contributed by atoms with Gasteiger partial charge >= 0.3 is 0 Å². The van der Waals surface area contributed by atoms with E-state index in [4.69, 9.17) is 0 Å². The average Bonchev–Trinajstić information content (AvgIpc) is 3.22. The Labute approximate surface area is 186 Å². The van der Waals surface area contributed by atoms with Gasteiger partial charge in [0.1, 0.15) is 0 Å². The van der Waals surface area contributed by atoms with Crippen LogP contribution in [0, 0.1) is 10.1 Å². The first kappa shape index (κ1) is 21.5. The normalized spacial score (nSPS) is 11.2. The number of hydrogen-bond acceptors (Lipinski definition) is 7. The van der Waals surface area contributed by atoms with Crippen LogP contribution in [-0.2, 0) is 11.3 Å². The number of nitro benzene ring substituents is 1. The lowest BCUT2D eigenvalue weighted by molar-refractivity contribution is -0.384. The van der Waals surface area contributed by atoms with E-state index in [0.29, 0.717) is 34.1 Å². The van der Waals surface area contributed by atoms with Crippen LogP contribution in [0.25, 0.3) is 16.7 Å². The van der Waals surface area contributed by atoms with Gasteiger partial charge in [-0.25, -0.2) is 0 Å². The zero-order chi connectivity index (χ0) is 22.7. The van der Waals surface area contributed by atoms with Crippen molar-refractivity contribution in [3.05, 3.63) is 69.0 Å². The van der Waals surface area contributed by atoms with E-state index in [9.17, 15) is 19.7 Å². The van der Waals surface area contributed by atoms with Crippen molar-refractivity contribution >= 4 is 45.7 Å². The maximum Gasteiger partial charge on any atom is 0.271 e. The molecule has 2 aromatic heterocycles. The maximum atomic E-state index is 13.0. The molecule has 2 heterocycles.